The molecule has 2 amide bonds. The van der Waals surface area contributed by atoms with Crippen LogP contribution in [0.4, 0.5) is 10.1 Å². The molecule has 0 spiro atoms. The molecular weight excluding hydrogens is 269 g/mol. The molecule has 0 aromatic heterocycles. The lowest BCUT2D eigenvalue weighted by Crippen LogP contribution is -2.30. The molecule has 0 atom stereocenters. The highest BCUT2D eigenvalue weighted by Crippen LogP contribution is 2.34. The summed E-state index contributed by atoms with van der Waals surface area (Å²) in [7, 11) is 0. The standard InChI is InChI=1S/C14H7ClFNO2/c15-10-6-3-7-11(16)12(10)17-13(18)8-4-1-2-5-9(8)14(17)19/h1-7H. The van der Waals surface area contributed by atoms with Gasteiger partial charge < -0.3 is 0 Å². The Kier molecular flexibility index (Phi) is 2.61. The maximum atomic E-state index is 13.8. The number of halogens is 2. The van der Waals surface area contributed by atoms with Gasteiger partial charge in [0.15, 0.2) is 0 Å². The molecule has 1 aliphatic rings. The van der Waals surface area contributed by atoms with Gasteiger partial charge in [-0.05, 0) is 24.3 Å². The second-order valence-corrected chi connectivity index (χ2v) is 4.47. The summed E-state index contributed by atoms with van der Waals surface area (Å²) in [6.45, 7) is 0. The summed E-state index contributed by atoms with van der Waals surface area (Å²) >= 11 is 5.90. The van der Waals surface area contributed by atoms with E-state index < -0.39 is 17.6 Å². The minimum Gasteiger partial charge on any atom is -0.268 e. The van der Waals surface area contributed by atoms with E-state index in [0.29, 0.717) is 0 Å². The van der Waals surface area contributed by atoms with E-state index in [0.717, 1.165) is 11.0 Å². The Morgan fingerprint density at radius 1 is 0.895 bits per heavy atom. The van der Waals surface area contributed by atoms with E-state index >= 15 is 0 Å². The van der Waals surface area contributed by atoms with E-state index in [4.69, 9.17) is 11.6 Å². The molecule has 0 fully saturated rings. The van der Waals surface area contributed by atoms with Crippen LogP contribution in [0.25, 0.3) is 0 Å². The third-order valence-corrected chi connectivity index (χ3v) is 3.26. The molecule has 5 heteroatoms. The molecule has 3 nitrogen and oxygen atoms in total. The predicted molar refractivity (Wildman–Crippen MR) is 69.0 cm³/mol. The zero-order valence-electron chi connectivity index (χ0n) is 9.56. The van der Waals surface area contributed by atoms with Crippen LogP contribution in [0.1, 0.15) is 20.7 Å². The van der Waals surface area contributed by atoms with Gasteiger partial charge in [0.05, 0.1) is 16.1 Å². The Hall–Kier alpha value is -2.20. The monoisotopic (exact) mass is 275 g/mol. The lowest BCUT2D eigenvalue weighted by molar-refractivity contribution is 0.0925. The normalized spacial score (nSPS) is 13.9. The van der Waals surface area contributed by atoms with Gasteiger partial charge >= 0.3 is 0 Å². The van der Waals surface area contributed by atoms with Crippen LogP contribution in [-0.4, -0.2) is 11.8 Å². The first-order chi connectivity index (χ1) is 9.11. The first kappa shape index (κ1) is 11.9. The van der Waals surface area contributed by atoms with Crippen molar-refractivity contribution in [1.82, 2.24) is 0 Å². The van der Waals surface area contributed by atoms with Gasteiger partial charge in [-0.25, -0.2) is 9.29 Å². The van der Waals surface area contributed by atoms with Crippen molar-refractivity contribution < 1.29 is 14.0 Å². The number of carbonyl (C=O) groups is 2. The SMILES string of the molecule is O=C1c2ccccc2C(=O)N1c1c(F)cccc1Cl. The molecule has 2 aromatic carbocycles. The molecule has 0 aliphatic carbocycles. The number of benzene rings is 2. The largest absolute Gasteiger partial charge is 0.268 e. The van der Waals surface area contributed by atoms with E-state index in [1.54, 1.807) is 12.1 Å². The molecule has 3 rings (SSSR count). The molecule has 0 saturated heterocycles. The van der Waals surface area contributed by atoms with Crippen molar-refractivity contribution in [3.8, 4) is 0 Å². The van der Waals surface area contributed by atoms with Gasteiger partial charge in [-0.2, -0.15) is 0 Å². The van der Waals surface area contributed by atoms with Crippen LogP contribution in [-0.2, 0) is 0 Å². The number of para-hydroxylation sites is 1. The zero-order chi connectivity index (χ0) is 13.6. The number of nitrogens with zero attached hydrogens (tertiary/aromatic N) is 1. The molecule has 0 bridgehead atoms. The molecule has 94 valence electrons. The van der Waals surface area contributed by atoms with Gasteiger partial charge in [0.2, 0.25) is 0 Å². The average Bonchev–Trinajstić information content (AvgIpc) is 2.64. The van der Waals surface area contributed by atoms with Crippen molar-refractivity contribution in [3.63, 3.8) is 0 Å². The molecule has 1 aliphatic heterocycles. The number of rotatable bonds is 1. The van der Waals surface area contributed by atoms with Crippen LogP contribution < -0.4 is 4.90 Å². The van der Waals surface area contributed by atoms with Gasteiger partial charge in [0.1, 0.15) is 11.5 Å². The molecular formula is C14H7ClFNO2. The summed E-state index contributed by atoms with van der Waals surface area (Å²) in [5.74, 6) is -1.83. The van der Waals surface area contributed by atoms with Crippen molar-refractivity contribution in [2.24, 2.45) is 0 Å². The molecule has 2 aromatic rings. The summed E-state index contributed by atoms with van der Waals surface area (Å²) in [5.41, 5.74) is 0.314. The molecule has 0 radical (unpaired) electrons. The van der Waals surface area contributed by atoms with Gasteiger partial charge in [0.25, 0.3) is 11.8 Å². The van der Waals surface area contributed by atoms with Crippen LogP contribution >= 0.6 is 11.6 Å². The number of hydrogen-bond donors (Lipinski definition) is 0. The highest BCUT2D eigenvalue weighted by molar-refractivity contribution is 6.39. The Labute approximate surface area is 113 Å². The second kappa shape index (κ2) is 4.17. The Balaban J connectivity index is 2.20. The Bertz CT molecular complexity index is 659. The maximum absolute atomic E-state index is 13.8. The number of fused-ring (bicyclic) bond motifs is 1. The van der Waals surface area contributed by atoms with Gasteiger partial charge in [-0.3, -0.25) is 9.59 Å². The van der Waals surface area contributed by atoms with E-state index in [-0.39, 0.29) is 21.8 Å². The molecule has 0 saturated carbocycles. The maximum Gasteiger partial charge on any atom is 0.266 e. The van der Waals surface area contributed by atoms with Crippen LogP contribution in [0, 0.1) is 5.82 Å². The fourth-order valence-corrected chi connectivity index (χ4v) is 2.34. The number of amides is 2. The Morgan fingerprint density at radius 3 is 2.00 bits per heavy atom. The fraction of sp³-hybridized carbons (Fsp3) is 0. The first-order valence-corrected chi connectivity index (χ1v) is 5.91. The third kappa shape index (κ3) is 1.64. The quantitative estimate of drug-likeness (QED) is 0.749. The van der Waals surface area contributed by atoms with Gasteiger partial charge in [0, 0.05) is 0 Å². The van der Waals surface area contributed by atoms with E-state index in [2.05, 4.69) is 0 Å². The summed E-state index contributed by atoms with van der Waals surface area (Å²) in [6, 6.07) is 10.4. The number of anilines is 1. The third-order valence-electron chi connectivity index (χ3n) is 2.96. The second-order valence-electron chi connectivity index (χ2n) is 4.06. The topological polar surface area (TPSA) is 37.4 Å². The molecule has 0 unspecified atom stereocenters. The summed E-state index contributed by atoms with van der Waals surface area (Å²) in [4.78, 5) is 25.2. The fourth-order valence-electron chi connectivity index (χ4n) is 2.09. The van der Waals surface area contributed by atoms with E-state index in [9.17, 15) is 14.0 Å². The summed E-state index contributed by atoms with van der Waals surface area (Å²) in [6.07, 6.45) is 0. The minimum atomic E-state index is -0.706. The van der Waals surface area contributed by atoms with Crippen molar-refractivity contribution >= 4 is 29.1 Å². The zero-order valence-corrected chi connectivity index (χ0v) is 10.3. The number of hydrogen-bond acceptors (Lipinski definition) is 2. The van der Waals surface area contributed by atoms with Crippen LogP contribution in [0.15, 0.2) is 42.5 Å². The van der Waals surface area contributed by atoms with Crippen molar-refractivity contribution in [1.29, 1.82) is 0 Å². The van der Waals surface area contributed by atoms with Crippen LogP contribution in [0.3, 0.4) is 0 Å². The van der Waals surface area contributed by atoms with E-state index in [1.807, 2.05) is 0 Å². The highest BCUT2D eigenvalue weighted by atomic mass is 35.5. The molecule has 19 heavy (non-hydrogen) atoms. The highest BCUT2D eigenvalue weighted by Gasteiger charge is 2.38. The predicted octanol–water partition coefficient (Wildman–Crippen LogP) is 3.28. The average molecular weight is 276 g/mol. The lowest BCUT2D eigenvalue weighted by Gasteiger charge is -2.16. The summed E-state index contributed by atoms with van der Waals surface area (Å²) in [5, 5.41) is 0.0227. The van der Waals surface area contributed by atoms with Crippen LogP contribution in [0.2, 0.25) is 5.02 Å². The summed E-state index contributed by atoms with van der Waals surface area (Å²) < 4.78 is 13.8. The first-order valence-electron chi connectivity index (χ1n) is 5.53. The van der Waals surface area contributed by atoms with Crippen LogP contribution in [0.5, 0.6) is 0 Å². The molecule has 1 heterocycles. The number of imide groups is 1. The van der Waals surface area contributed by atoms with E-state index in [1.165, 1.54) is 24.3 Å². The van der Waals surface area contributed by atoms with Gasteiger partial charge in [-0.1, -0.05) is 29.8 Å². The van der Waals surface area contributed by atoms with Crippen molar-refractivity contribution in [3.05, 3.63) is 64.4 Å². The molecule has 0 N–H and O–H groups in total. The Morgan fingerprint density at radius 2 is 1.47 bits per heavy atom. The lowest BCUT2D eigenvalue weighted by atomic mass is 10.1. The van der Waals surface area contributed by atoms with Crippen molar-refractivity contribution in [2.45, 2.75) is 0 Å². The van der Waals surface area contributed by atoms with Crippen molar-refractivity contribution in [2.75, 3.05) is 4.90 Å². The smallest absolute Gasteiger partial charge is 0.266 e. The van der Waals surface area contributed by atoms with Gasteiger partial charge in [-0.15, -0.1) is 0 Å². The number of carbonyl (C=O) groups excluding carboxylic acids is 2. The minimum absolute atomic E-state index is 0.0227.